The number of carbonyl (C=O) groups excluding carboxylic acids is 11. The standard InChI is InChI=1S/C66H113N11O21S4/c1-50-47-75(74-73-50)22-24-90-26-28-92-30-32-94-34-36-96-38-40-98-42-41-97-39-37-95-35-33-93-31-29-91-27-25-89-23-19-71-61(83)16-44-102-101-43-15-60(82)70-17-9-6-4-5-7-12-56(80)55(72-62(84)14-21-77-64(86)46-58(66(77)88)100-49-54(68)52(3)79)11-8-10-18-69-59(81)13-20-76-63(85)45-57(65(76)87)99-48-53(67)51(2)78/h47,53-55,57-58H,4-46,48-49,67-68H2,1-3H3,(H,69,81)(H,70,82)(H,71,83)(H,72,84)/t53-,54-,55?,57?,58?/m0/s1. The van der Waals surface area contributed by atoms with Gasteiger partial charge in [0.1, 0.15) is 11.6 Å². The van der Waals surface area contributed by atoms with E-state index >= 15 is 0 Å². The van der Waals surface area contributed by atoms with Crippen molar-refractivity contribution in [1.29, 1.82) is 0 Å². The molecule has 3 rings (SSSR count). The number of unbranched alkanes of at least 4 members (excludes halogenated alkanes) is 5. The Kier molecular flexibility index (Phi) is 53.2. The summed E-state index contributed by atoms with van der Waals surface area (Å²) in [6, 6.07) is -2.36. The van der Waals surface area contributed by atoms with Gasteiger partial charge in [-0.15, -0.1) is 28.6 Å². The molecule has 8 amide bonds. The quantitative estimate of drug-likeness (QED) is 0.0303. The van der Waals surface area contributed by atoms with Crippen molar-refractivity contribution < 1.29 is 100 Å². The Hall–Kier alpha value is -4.77. The number of carbonyl (C=O) groups is 11. The predicted molar refractivity (Wildman–Crippen MR) is 386 cm³/mol. The predicted octanol–water partition coefficient (Wildman–Crippen LogP) is 1.16. The van der Waals surface area contributed by atoms with Gasteiger partial charge in [-0.2, -0.15) is 0 Å². The zero-order chi connectivity index (χ0) is 74.2. The van der Waals surface area contributed by atoms with E-state index in [1.165, 1.54) is 35.4 Å². The number of rotatable bonds is 69. The van der Waals surface area contributed by atoms with Gasteiger partial charge in [0.15, 0.2) is 5.78 Å². The SMILES string of the molecule is CC(=O)[C@@H](N)CSC1CC(=O)N(CCC(=O)NCCCCC(NC(=O)CCN2C(=O)CC(SC[C@H](N)C(C)=O)C2=O)C(=O)CCCCCCCNC(=O)CCSSCCC(=O)NCCOCCOCCOCCOCCOCCOCCOCCOCCOCCOCCn2cc(C)nn2)C1=O. The van der Waals surface area contributed by atoms with Crippen LogP contribution in [-0.4, -0.2) is 306 Å². The minimum absolute atomic E-state index is 0.0338. The second-order valence-electron chi connectivity index (χ2n) is 23.8. The van der Waals surface area contributed by atoms with Crippen LogP contribution >= 0.6 is 45.1 Å². The zero-order valence-electron chi connectivity index (χ0n) is 59.9. The molecule has 2 aliphatic heterocycles. The fourth-order valence-corrected chi connectivity index (χ4v) is 13.8. The summed E-state index contributed by atoms with van der Waals surface area (Å²) in [7, 11) is 3.07. The number of hydrogen-bond donors (Lipinski definition) is 6. The maximum absolute atomic E-state index is 13.6. The molecule has 3 unspecified atom stereocenters. The summed E-state index contributed by atoms with van der Waals surface area (Å²) < 4.78 is 56.9. The number of nitrogens with one attached hydrogen (secondary N) is 4. The largest absolute Gasteiger partial charge is 0.377 e. The van der Waals surface area contributed by atoms with Crippen LogP contribution in [0.15, 0.2) is 6.20 Å². The third-order valence-corrected chi connectivity index (χ3v) is 20.4. The monoisotopic (exact) mass is 1520 g/mol. The molecule has 0 radical (unpaired) electrons. The molecule has 36 heteroatoms. The molecular formula is C66H113N11O21S4. The maximum Gasteiger partial charge on any atom is 0.242 e. The average molecular weight is 1520 g/mol. The van der Waals surface area contributed by atoms with Crippen molar-refractivity contribution in [3.05, 3.63) is 11.9 Å². The number of hydrogen-bond acceptors (Lipinski definition) is 29. The summed E-state index contributed by atoms with van der Waals surface area (Å²) in [5.41, 5.74) is 12.5. The second-order valence-corrected chi connectivity index (χ2v) is 29.0. The van der Waals surface area contributed by atoms with Gasteiger partial charge in [-0.3, -0.25) is 62.5 Å². The minimum atomic E-state index is -0.853. The zero-order valence-corrected chi connectivity index (χ0v) is 63.1. The van der Waals surface area contributed by atoms with Crippen LogP contribution in [0.3, 0.4) is 0 Å². The number of ether oxygens (including phenoxy) is 10. The van der Waals surface area contributed by atoms with Crippen LogP contribution in [0.25, 0.3) is 0 Å². The summed E-state index contributed by atoms with van der Waals surface area (Å²) in [5, 5.41) is 17.9. The van der Waals surface area contributed by atoms with Crippen molar-refractivity contribution in [2.45, 2.75) is 152 Å². The number of ketones is 3. The number of imide groups is 2. The molecule has 0 spiro atoms. The first-order valence-corrected chi connectivity index (χ1v) is 39.9. The molecule has 102 heavy (non-hydrogen) atoms. The van der Waals surface area contributed by atoms with Crippen LogP contribution < -0.4 is 32.7 Å². The van der Waals surface area contributed by atoms with Crippen LogP contribution in [0.5, 0.6) is 0 Å². The molecule has 0 aromatic carbocycles. The molecule has 582 valence electrons. The van der Waals surface area contributed by atoms with Gasteiger partial charge in [0.2, 0.25) is 47.3 Å². The number of Topliss-reactive ketones (excluding diaryl/α,β-unsaturated/α-hetero) is 3. The van der Waals surface area contributed by atoms with E-state index in [9.17, 15) is 52.7 Å². The van der Waals surface area contributed by atoms with Crippen LogP contribution in [0.4, 0.5) is 0 Å². The fraction of sp³-hybridized carbons (Fsp3) is 0.803. The smallest absolute Gasteiger partial charge is 0.242 e. The van der Waals surface area contributed by atoms with E-state index in [0.29, 0.717) is 195 Å². The fourth-order valence-electron chi connectivity index (χ4n) is 9.43. The first-order valence-electron chi connectivity index (χ1n) is 35.3. The Morgan fingerprint density at radius 2 is 0.843 bits per heavy atom. The van der Waals surface area contributed by atoms with Crippen LogP contribution in [0.1, 0.15) is 116 Å². The molecule has 0 saturated carbocycles. The lowest BCUT2D eigenvalue weighted by molar-refractivity contribution is -0.140. The Bertz CT molecular complexity index is 2590. The van der Waals surface area contributed by atoms with Crippen LogP contribution in [0, 0.1) is 6.92 Å². The molecular weight excluding hydrogens is 1410 g/mol. The topological polar surface area (TPSA) is 417 Å². The average Bonchev–Trinajstić information content (AvgIpc) is 1.70. The lowest BCUT2D eigenvalue weighted by Gasteiger charge is -2.20. The highest BCUT2D eigenvalue weighted by atomic mass is 33.1. The molecule has 0 bridgehead atoms. The summed E-state index contributed by atoms with van der Waals surface area (Å²) >= 11 is 2.28. The van der Waals surface area contributed by atoms with Crippen molar-refractivity contribution in [1.82, 2.24) is 46.1 Å². The molecule has 2 saturated heterocycles. The van der Waals surface area contributed by atoms with Crippen LogP contribution in [0.2, 0.25) is 0 Å². The molecule has 3 heterocycles. The van der Waals surface area contributed by atoms with Crippen molar-refractivity contribution in [3.8, 4) is 0 Å². The maximum atomic E-state index is 13.6. The van der Waals surface area contributed by atoms with E-state index in [2.05, 4.69) is 31.6 Å². The molecule has 8 N–H and O–H groups in total. The summed E-state index contributed by atoms with van der Waals surface area (Å²) in [5.74, 6) is -1.80. The molecule has 5 atom stereocenters. The van der Waals surface area contributed by atoms with Gasteiger partial charge in [0.05, 0.1) is 173 Å². The molecule has 2 fully saturated rings. The number of amides is 8. The van der Waals surface area contributed by atoms with Crippen molar-refractivity contribution in [3.63, 3.8) is 0 Å². The van der Waals surface area contributed by atoms with E-state index in [1.54, 1.807) is 4.68 Å². The summed E-state index contributed by atoms with van der Waals surface area (Å²) in [4.78, 5) is 140. The molecule has 0 aliphatic carbocycles. The van der Waals surface area contributed by atoms with Crippen molar-refractivity contribution in [2.24, 2.45) is 11.5 Å². The highest BCUT2D eigenvalue weighted by Gasteiger charge is 2.40. The Labute approximate surface area is 616 Å². The van der Waals surface area contributed by atoms with Gasteiger partial charge in [0, 0.05) is 107 Å². The molecule has 32 nitrogen and oxygen atoms in total. The molecule has 1 aromatic rings. The number of aryl methyl sites for hydroxylation is 1. The van der Waals surface area contributed by atoms with E-state index in [-0.39, 0.29) is 105 Å². The molecule has 2 aliphatic rings. The Morgan fingerprint density at radius 1 is 0.471 bits per heavy atom. The summed E-state index contributed by atoms with van der Waals surface area (Å²) in [6.07, 6.45) is 7.23. The number of nitrogens with two attached hydrogens (primary N) is 2. The normalized spacial score (nSPS) is 15.5. The van der Waals surface area contributed by atoms with E-state index in [1.807, 2.05) is 13.1 Å². The highest BCUT2D eigenvalue weighted by Crippen LogP contribution is 2.28. The second kappa shape index (κ2) is 59.4. The van der Waals surface area contributed by atoms with Crippen LogP contribution in [-0.2, 0) is 107 Å². The van der Waals surface area contributed by atoms with Gasteiger partial charge in [-0.1, -0.05) is 46.1 Å². The van der Waals surface area contributed by atoms with Gasteiger partial charge in [0.25, 0.3) is 0 Å². The van der Waals surface area contributed by atoms with Crippen molar-refractivity contribution >= 4 is 110 Å². The first kappa shape index (κ1) is 91.4. The Balaban J connectivity index is 1.10. The molecule has 1 aromatic heterocycles. The number of thioether (sulfide) groups is 2. The number of aromatic nitrogens is 3. The Morgan fingerprint density at radius 3 is 1.26 bits per heavy atom. The highest BCUT2D eigenvalue weighted by molar-refractivity contribution is 8.76. The number of nitrogens with zero attached hydrogens (tertiary/aromatic N) is 5. The third-order valence-electron chi connectivity index (χ3n) is 15.4. The minimum Gasteiger partial charge on any atom is -0.377 e. The summed E-state index contributed by atoms with van der Waals surface area (Å²) in [6.45, 7) is 15.3. The lowest BCUT2D eigenvalue weighted by Crippen LogP contribution is -2.43. The first-order chi connectivity index (χ1) is 49.4. The third kappa shape index (κ3) is 45.6. The lowest BCUT2D eigenvalue weighted by atomic mass is 9.99. The van der Waals surface area contributed by atoms with E-state index < -0.39 is 58.2 Å². The van der Waals surface area contributed by atoms with Gasteiger partial charge >= 0.3 is 0 Å². The van der Waals surface area contributed by atoms with Gasteiger partial charge < -0.3 is 80.1 Å². The van der Waals surface area contributed by atoms with Gasteiger partial charge in [-0.25, -0.2) is 4.68 Å². The van der Waals surface area contributed by atoms with E-state index in [4.69, 9.17) is 58.8 Å². The number of likely N-dealkylation sites (tertiary alicyclic amines) is 2. The van der Waals surface area contributed by atoms with Gasteiger partial charge in [-0.05, 0) is 52.9 Å². The van der Waals surface area contributed by atoms with Crippen molar-refractivity contribution in [2.75, 3.05) is 188 Å². The van der Waals surface area contributed by atoms with E-state index in [0.717, 1.165) is 64.7 Å².